The molecule has 0 N–H and O–H groups in total. The smallest absolute Gasteiger partial charge is 0.0886 e. The number of pyridine rings is 2. The van der Waals surface area contributed by atoms with Gasteiger partial charge in [0.15, 0.2) is 0 Å². The van der Waals surface area contributed by atoms with Crippen molar-refractivity contribution in [2.24, 2.45) is 0 Å². The van der Waals surface area contributed by atoms with E-state index in [0.29, 0.717) is 17.0 Å². The van der Waals surface area contributed by atoms with Crippen molar-refractivity contribution in [2.45, 2.75) is 0 Å². The Morgan fingerprint density at radius 2 is 1.61 bits per heavy atom. The van der Waals surface area contributed by atoms with Crippen LogP contribution in [-0.4, -0.2) is 9.97 Å². The molecule has 0 aliphatic heterocycles. The minimum Gasteiger partial charge on any atom is -0.255 e. The second kappa shape index (κ2) is 4.80. The van der Waals surface area contributed by atoms with Crippen molar-refractivity contribution < 1.29 is 6.85 Å². The van der Waals surface area contributed by atoms with Crippen molar-refractivity contribution in [1.29, 1.82) is 0 Å². The van der Waals surface area contributed by atoms with E-state index in [9.17, 15) is 0 Å². The van der Waals surface area contributed by atoms with Crippen molar-refractivity contribution in [2.75, 3.05) is 0 Å². The van der Waals surface area contributed by atoms with Crippen LogP contribution in [0.25, 0.3) is 22.5 Å². The molecule has 0 aliphatic carbocycles. The Labute approximate surface area is 113 Å². The highest BCUT2D eigenvalue weighted by Crippen LogP contribution is 2.20. The predicted octanol–water partition coefficient (Wildman–Crippen LogP) is 3.81. The molecule has 3 rings (SSSR count). The molecule has 0 unspecified atom stereocenters. The van der Waals surface area contributed by atoms with E-state index in [2.05, 4.69) is 9.97 Å². The third kappa shape index (κ3) is 2.13. The fourth-order valence-electron chi connectivity index (χ4n) is 1.60. The maximum atomic E-state index is 7.98. The van der Waals surface area contributed by atoms with Crippen molar-refractivity contribution in [1.82, 2.24) is 9.97 Å². The number of benzene rings is 1. The summed E-state index contributed by atoms with van der Waals surface area (Å²) < 4.78 is 39.0. The highest BCUT2D eigenvalue weighted by Gasteiger charge is 2.01. The summed E-state index contributed by atoms with van der Waals surface area (Å²) in [7, 11) is 0. The van der Waals surface area contributed by atoms with Gasteiger partial charge in [-0.15, -0.1) is 0 Å². The minimum absolute atomic E-state index is 0.149. The van der Waals surface area contributed by atoms with Gasteiger partial charge in [0.05, 0.1) is 18.2 Å². The fraction of sp³-hybridized carbons (Fsp3) is 0. The fourth-order valence-corrected chi connectivity index (χ4v) is 1.60. The average Bonchev–Trinajstić information content (AvgIpc) is 2.60. The van der Waals surface area contributed by atoms with Crippen LogP contribution in [0.3, 0.4) is 0 Å². The van der Waals surface area contributed by atoms with Crippen LogP contribution in [-0.2, 0) is 0 Å². The molecule has 0 fully saturated rings. The van der Waals surface area contributed by atoms with Crippen molar-refractivity contribution >= 4 is 0 Å². The summed E-state index contributed by atoms with van der Waals surface area (Å²) in [6, 6.07) is 7.33. The predicted molar refractivity (Wildman–Crippen MR) is 72.9 cm³/mol. The molecule has 0 saturated carbocycles. The first-order chi connectivity index (χ1) is 11.0. The van der Waals surface area contributed by atoms with E-state index in [4.69, 9.17) is 6.85 Å². The van der Waals surface area contributed by atoms with Crippen LogP contribution in [0.2, 0.25) is 0 Å². The Morgan fingerprint density at radius 3 is 2.28 bits per heavy atom. The Balaban J connectivity index is 2.11. The van der Waals surface area contributed by atoms with Gasteiger partial charge >= 0.3 is 0 Å². The lowest BCUT2D eigenvalue weighted by Gasteiger charge is -2.03. The van der Waals surface area contributed by atoms with Gasteiger partial charge in [0.2, 0.25) is 0 Å². The molecule has 0 atom stereocenters. The van der Waals surface area contributed by atoms with Crippen LogP contribution in [0.1, 0.15) is 6.85 Å². The molecule has 0 bridgehead atoms. The summed E-state index contributed by atoms with van der Waals surface area (Å²) in [6.45, 7) is 0. The molecular formula is C16H12N2. The molecule has 2 nitrogen and oxygen atoms in total. The summed E-state index contributed by atoms with van der Waals surface area (Å²) in [5, 5.41) is 0. The van der Waals surface area contributed by atoms with Crippen molar-refractivity contribution in [3.8, 4) is 22.5 Å². The van der Waals surface area contributed by atoms with E-state index < -0.39 is 6.04 Å². The highest BCUT2D eigenvalue weighted by atomic mass is 14.8. The Kier molecular flexibility index (Phi) is 1.72. The molecular weight excluding hydrogens is 220 g/mol. The van der Waals surface area contributed by atoms with E-state index in [1.807, 2.05) is 18.2 Å². The normalized spacial score (nSPS) is 14.1. The number of hydrogen-bond acceptors (Lipinski definition) is 2. The van der Waals surface area contributed by atoms with Crippen molar-refractivity contribution in [3.05, 3.63) is 72.9 Å². The molecule has 0 spiro atoms. The maximum absolute atomic E-state index is 7.98. The van der Waals surface area contributed by atoms with E-state index in [-0.39, 0.29) is 29.7 Å². The van der Waals surface area contributed by atoms with Gasteiger partial charge in [-0.1, -0.05) is 42.3 Å². The van der Waals surface area contributed by atoms with Crippen molar-refractivity contribution in [3.63, 3.8) is 0 Å². The number of aromatic nitrogens is 2. The monoisotopic (exact) mass is 237 g/mol. The number of nitrogens with zero attached hydrogens (tertiary/aromatic N) is 2. The molecule has 0 saturated heterocycles. The van der Waals surface area contributed by atoms with E-state index in [1.165, 1.54) is 6.20 Å². The van der Waals surface area contributed by atoms with Crippen LogP contribution in [0, 0.1) is 0 Å². The zero-order valence-corrected chi connectivity index (χ0v) is 9.44. The second-order valence-corrected chi connectivity index (χ2v) is 3.65. The molecule has 2 heterocycles. The lowest BCUT2D eigenvalue weighted by Crippen LogP contribution is -1.87. The van der Waals surface area contributed by atoms with Gasteiger partial charge in [0.25, 0.3) is 0 Å². The van der Waals surface area contributed by atoms with E-state index in [0.717, 1.165) is 0 Å². The van der Waals surface area contributed by atoms with Gasteiger partial charge in [-0.2, -0.15) is 0 Å². The lowest BCUT2D eigenvalue weighted by molar-refractivity contribution is 1.25. The Morgan fingerprint density at radius 1 is 0.778 bits per heavy atom. The lowest BCUT2D eigenvalue weighted by atomic mass is 10.1. The van der Waals surface area contributed by atoms with Crippen LogP contribution >= 0.6 is 0 Å². The third-order valence-electron chi connectivity index (χ3n) is 2.48. The first kappa shape index (κ1) is 6.45. The van der Waals surface area contributed by atoms with Gasteiger partial charge in [0, 0.05) is 18.0 Å². The molecule has 1 aromatic carbocycles. The molecule has 3 aromatic rings. The maximum Gasteiger partial charge on any atom is 0.0886 e. The molecule has 0 amide bonds. The molecule has 0 aliphatic rings. The minimum atomic E-state index is -0.401. The summed E-state index contributed by atoms with van der Waals surface area (Å²) in [5.41, 5.74) is 1.99. The Hall–Kier alpha value is -2.48. The molecule has 2 heteroatoms. The molecule has 0 radical (unpaired) electrons. The quantitative estimate of drug-likeness (QED) is 0.677. The summed E-state index contributed by atoms with van der Waals surface area (Å²) in [6.07, 6.45) is 3.17. The first-order valence-corrected chi connectivity index (χ1v) is 5.45. The van der Waals surface area contributed by atoms with Gasteiger partial charge in [-0.25, -0.2) is 0 Å². The summed E-state index contributed by atoms with van der Waals surface area (Å²) in [4.78, 5) is 8.50. The van der Waals surface area contributed by atoms with Gasteiger partial charge < -0.3 is 0 Å². The van der Waals surface area contributed by atoms with Gasteiger partial charge in [-0.3, -0.25) is 9.97 Å². The Bertz CT molecular complexity index is 835. The highest BCUT2D eigenvalue weighted by molar-refractivity contribution is 5.65. The molecule has 86 valence electrons. The first-order valence-electron chi connectivity index (χ1n) is 7.95. The topological polar surface area (TPSA) is 25.8 Å². The summed E-state index contributed by atoms with van der Waals surface area (Å²) in [5.74, 6) is 0. The van der Waals surface area contributed by atoms with Crippen LogP contribution in [0.4, 0.5) is 0 Å². The van der Waals surface area contributed by atoms with Gasteiger partial charge in [-0.05, 0) is 23.8 Å². The SMILES string of the molecule is [2H]c1c([2H])c([2H])c(-c2ccc(-c3ccccn3)nc2)c([2H])c1[2H]. The van der Waals surface area contributed by atoms with Crippen LogP contribution in [0.15, 0.2) is 72.9 Å². The largest absolute Gasteiger partial charge is 0.255 e. The van der Waals surface area contributed by atoms with E-state index in [1.54, 1.807) is 18.3 Å². The molecule has 18 heavy (non-hydrogen) atoms. The van der Waals surface area contributed by atoms with Gasteiger partial charge in [0.1, 0.15) is 0 Å². The number of hydrogen-bond donors (Lipinski definition) is 0. The average molecular weight is 237 g/mol. The van der Waals surface area contributed by atoms with E-state index >= 15 is 0 Å². The van der Waals surface area contributed by atoms with Crippen LogP contribution < -0.4 is 0 Å². The third-order valence-corrected chi connectivity index (χ3v) is 2.48. The second-order valence-electron chi connectivity index (χ2n) is 3.65. The summed E-state index contributed by atoms with van der Waals surface area (Å²) >= 11 is 0. The standard InChI is InChI=1S/C16H12N2/c1-2-6-13(7-3-1)14-9-10-16(18-12-14)15-8-4-5-11-17-15/h1-12H/i1D,2D,3D,6D,7D. The zero-order valence-electron chi connectivity index (χ0n) is 14.4. The number of rotatable bonds is 2. The van der Waals surface area contributed by atoms with Crippen LogP contribution in [0.5, 0.6) is 0 Å². The zero-order chi connectivity index (χ0) is 16.6. The molecule has 2 aromatic heterocycles.